The highest BCUT2D eigenvalue weighted by Crippen LogP contribution is 2.17. The molecule has 1 fully saturated rings. The first kappa shape index (κ1) is 16.7. The van der Waals surface area contributed by atoms with Gasteiger partial charge in [0.2, 0.25) is 0 Å². The maximum atomic E-state index is 4.18. The maximum absolute atomic E-state index is 4.18. The third kappa shape index (κ3) is 6.07. The van der Waals surface area contributed by atoms with Gasteiger partial charge in [-0.1, -0.05) is 26.0 Å². The standard InChI is InChI=1S/C16H33N3/c1-6-8-17-15(11-14(3)7-2)12-16-13-18(4)9-10-19(16)5/h15-17H,3,6-13H2,1-2,4-5H3. The zero-order valence-corrected chi connectivity index (χ0v) is 13.4. The van der Waals surface area contributed by atoms with Crippen molar-refractivity contribution >= 4 is 0 Å². The highest BCUT2D eigenvalue weighted by Gasteiger charge is 2.25. The molecule has 0 saturated carbocycles. The molecule has 1 aliphatic heterocycles. The summed E-state index contributed by atoms with van der Waals surface area (Å²) in [5.41, 5.74) is 1.38. The zero-order chi connectivity index (χ0) is 14.3. The molecule has 3 nitrogen and oxygen atoms in total. The van der Waals surface area contributed by atoms with Crippen molar-refractivity contribution in [3.05, 3.63) is 12.2 Å². The summed E-state index contributed by atoms with van der Waals surface area (Å²) in [6.07, 6.45) is 4.67. The van der Waals surface area contributed by atoms with E-state index < -0.39 is 0 Å². The van der Waals surface area contributed by atoms with Crippen LogP contribution in [0.25, 0.3) is 0 Å². The lowest BCUT2D eigenvalue weighted by Gasteiger charge is -2.39. The van der Waals surface area contributed by atoms with Crippen LogP contribution in [0, 0.1) is 0 Å². The first-order valence-corrected chi connectivity index (χ1v) is 7.85. The first-order chi connectivity index (χ1) is 9.06. The van der Waals surface area contributed by atoms with Gasteiger partial charge < -0.3 is 15.1 Å². The van der Waals surface area contributed by atoms with Crippen molar-refractivity contribution in [2.24, 2.45) is 0 Å². The van der Waals surface area contributed by atoms with Crippen molar-refractivity contribution in [3.8, 4) is 0 Å². The number of nitrogens with one attached hydrogen (secondary N) is 1. The lowest BCUT2D eigenvalue weighted by molar-refractivity contribution is 0.101. The number of piperazine rings is 1. The molecule has 3 heteroatoms. The van der Waals surface area contributed by atoms with Crippen LogP contribution in [-0.2, 0) is 0 Å². The van der Waals surface area contributed by atoms with Gasteiger partial charge in [0.15, 0.2) is 0 Å². The Balaban J connectivity index is 2.51. The summed E-state index contributed by atoms with van der Waals surface area (Å²) in [5.74, 6) is 0. The number of likely N-dealkylation sites (N-methyl/N-ethyl adjacent to an activating group) is 2. The third-order valence-corrected chi connectivity index (χ3v) is 4.25. The molecule has 1 aliphatic rings. The van der Waals surface area contributed by atoms with Gasteiger partial charge in [0.1, 0.15) is 0 Å². The molecule has 0 bridgehead atoms. The number of nitrogens with zero attached hydrogens (tertiary/aromatic N) is 2. The van der Waals surface area contributed by atoms with Crippen molar-refractivity contribution in [1.29, 1.82) is 0 Å². The Bertz CT molecular complexity index is 265. The monoisotopic (exact) mass is 267 g/mol. The van der Waals surface area contributed by atoms with E-state index in [0.29, 0.717) is 12.1 Å². The number of rotatable bonds is 8. The molecule has 1 saturated heterocycles. The molecule has 1 heterocycles. The van der Waals surface area contributed by atoms with Crippen LogP contribution in [0.2, 0.25) is 0 Å². The van der Waals surface area contributed by atoms with Crippen molar-refractivity contribution in [2.75, 3.05) is 40.3 Å². The summed E-state index contributed by atoms with van der Waals surface area (Å²) in [6, 6.07) is 1.27. The molecule has 0 aromatic heterocycles. The molecule has 1 rings (SSSR count). The highest BCUT2D eigenvalue weighted by molar-refractivity contribution is 4.98. The van der Waals surface area contributed by atoms with Crippen LogP contribution in [-0.4, -0.2) is 62.2 Å². The van der Waals surface area contributed by atoms with Crippen LogP contribution in [0.5, 0.6) is 0 Å². The van der Waals surface area contributed by atoms with Gasteiger partial charge in [-0.2, -0.15) is 0 Å². The van der Waals surface area contributed by atoms with Gasteiger partial charge in [-0.15, -0.1) is 0 Å². The highest BCUT2D eigenvalue weighted by atomic mass is 15.3. The Morgan fingerprint density at radius 3 is 2.68 bits per heavy atom. The second-order valence-corrected chi connectivity index (χ2v) is 6.09. The topological polar surface area (TPSA) is 18.5 Å². The molecule has 2 atom stereocenters. The van der Waals surface area contributed by atoms with Crippen LogP contribution in [0.4, 0.5) is 0 Å². The predicted molar refractivity (Wildman–Crippen MR) is 84.7 cm³/mol. The van der Waals surface area contributed by atoms with Crippen molar-refractivity contribution < 1.29 is 0 Å². The minimum absolute atomic E-state index is 0.589. The SMILES string of the molecule is C=C(CC)CC(CC1CN(C)CCN1C)NCCC. The molecule has 0 aromatic rings. The van der Waals surface area contributed by atoms with Crippen LogP contribution in [0.15, 0.2) is 12.2 Å². The van der Waals surface area contributed by atoms with Gasteiger partial charge >= 0.3 is 0 Å². The predicted octanol–water partition coefficient (Wildman–Crippen LogP) is 2.35. The summed E-state index contributed by atoms with van der Waals surface area (Å²) in [4.78, 5) is 4.98. The van der Waals surface area contributed by atoms with E-state index in [4.69, 9.17) is 0 Å². The molecule has 0 radical (unpaired) electrons. The number of hydrogen-bond donors (Lipinski definition) is 1. The third-order valence-electron chi connectivity index (χ3n) is 4.25. The molecule has 0 aromatic carbocycles. The van der Waals surface area contributed by atoms with E-state index >= 15 is 0 Å². The van der Waals surface area contributed by atoms with Crippen molar-refractivity contribution in [2.45, 2.75) is 51.6 Å². The van der Waals surface area contributed by atoms with Crippen LogP contribution >= 0.6 is 0 Å². The van der Waals surface area contributed by atoms with Gasteiger partial charge in [-0.3, -0.25) is 0 Å². The van der Waals surface area contributed by atoms with E-state index in [1.165, 1.54) is 38.0 Å². The number of hydrogen-bond acceptors (Lipinski definition) is 3. The largest absolute Gasteiger partial charge is 0.314 e. The van der Waals surface area contributed by atoms with E-state index in [0.717, 1.165) is 19.4 Å². The van der Waals surface area contributed by atoms with Gasteiger partial charge in [0.05, 0.1) is 0 Å². The minimum Gasteiger partial charge on any atom is -0.314 e. The molecule has 0 aliphatic carbocycles. The van der Waals surface area contributed by atoms with Crippen LogP contribution in [0.1, 0.15) is 39.5 Å². The molecule has 2 unspecified atom stereocenters. The zero-order valence-electron chi connectivity index (χ0n) is 13.4. The van der Waals surface area contributed by atoms with E-state index in [1.54, 1.807) is 0 Å². The van der Waals surface area contributed by atoms with E-state index in [2.05, 4.69) is 49.6 Å². The summed E-state index contributed by atoms with van der Waals surface area (Å²) in [6.45, 7) is 13.3. The minimum atomic E-state index is 0.589. The molecular weight excluding hydrogens is 234 g/mol. The Labute approximate surface area is 120 Å². The Kier molecular flexibility index (Phi) is 7.66. The van der Waals surface area contributed by atoms with Gasteiger partial charge in [0.25, 0.3) is 0 Å². The average molecular weight is 267 g/mol. The molecular formula is C16H33N3. The fraction of sp³-hybridized carbons (Fsp3) is 0.875. The van der Waals surface area contributed by atoms with Gasteiger partial charge in [-0.05, 0) is 46.3 Å². The average Bonchev–Trinajstić information content (AvgIpc) is 2.39. The fourth-order valence-electron chi connectivity index (χ4n) is 2.76. The Morgan fingerprint density at radius 1 is 1.32 bits per heavy atom. The molecule has 19 heavy (non-hydrogen) atoms. The quantitative estimate of drug-likeness (QED) is 0.681. The van der Waals surface area contributed by atoms with E-state index in [1.807, 2.05) is 0 Å². The van der Waals surface area contributed by atoms with Gasteiger partial charge in [0, 0.05) is 31.7 Å². The summed E-state index contributed by atoms with van der Waals surface area (Å²) >= 11 is 0. The van der Waals surface area contributed by atoms with Crippen molar-refractivity contribution in [1.82, 2.24) is 15.1 Å². The lowest BCUT2D eigenvalue weighted by Crippen LogP contribution is -2.52. The molecule has 1 N–H and O–H groups in total. The van der Waals surface area contributed by atoms with Crippen molar-refractivity contribution in [3.63, 3.8) is 0 Å². The Morgan fingerprint density at radius 2 is 2.05 bits per heavy atom. The first-order valence-electron chi connectivity index (χ1n) is 7.85. The van der Waals surface area contributed by atoms with E-state index in [-0.39, 0.29) is 0 Å². The summed E-state index contributed by atoms with van der Waals surface area (Å²) in [5, 5.41) is 3.71. The smallest absolute Gasteiger partial charge is 0.0235 e. The fourth-order valence-corrected chi connectivity index (χ4v) is 2.76. The lowest BCUT2D eigenvalue weighted by atomic mass is 9.97. The molecule has 0 spiro atoms. The second kappa shape index (κ2) is 8.72. The van der Waals surface area contributed by atoms with Crippen LogP contribution < -0.4 is 5.32 Å². The maximum Gasteiger partial charge on any atom is 0.0235 e. The van der Waals surface area contributed by atoms with Crippen LogP contribution in [0.3, 0.4) is 0 Å². The molecule has 0 amide bonds. The normalized spacial score (nSPS) is 23.5. The Hall–Kier alpha value is -0.380. The summed E-state index contributed by atoms with van der Waals surface area (Å²) < 4.78 is 0. The summed E-state index contributed by atoms with van der Waals surface area (Å²) in [7, 11) is 4.50. The van der Waals surface area contributed by atoms with Gasteiger partial charge in [-0.25, -0.2) is 0 Å². The van der Waals surface area contributed by atoms with E-state index in [9.17, 15) is 0 Å². The second-order valence-electron chi connectivity index (χ2n) is 6.09. The molecule has 112 valence electrons.